The number of likely N-dealkylation sites (tertiary alicyclic amines) is 1. The summed E-state index contributed by atoms with van der Waals surface area (Å²) < 4.78 is 7.36. The van der Waals surface area contributed by atoms with E-state index in [0.29, 0.717) is 13.1 Å². The first-order valence-corrected chi connectivity index (χ1v) is 8.64. The molecule has 132 valence electrons. The quantitative estimate of drug-likeness (QED) is 0.876. The maximum Gasteiger partial charge on any atom is 0.226 e. The van der Waals surface area contributed by atoms with Gasteiger partial charge in [-0.3, -0.25) is 9.59 Å². The van der Waals surface area contributed by atoms with Crippen LogP contribution in [-0.2, 0) is 29.1 Å². The summed E-state index contributed by atoms with van der Waals surface area (Å²) in [5.74, 6) is 2.02. The van der Waals surface area contributed by atoms with Crippen molar-refractivity contribution in [2.45, 2.75) is 45.3 Å². The van der Waals surface area contributed by atoms with E-state index in [2.05, 4.69) is 20.1 Å². The minimum Gasteiger partial charge on any atom is -0.467 e. The predicted octanol–water partition coefficient (Wildman–Crippen LogP) is 1.04. The number of carbonyl (C=O) groups excluding carboxylic acids is 2. The zero-order chi connectivity index (χ0) is 17.4. The number of rotatable bonds is 5. The van der Waals surface area contributed by atoms with Gasteiger partial charge in [-0.05, 0) is 25.5 Å². The molecule has 4 heterocycles. The summed E-state index contributed by atoms with van der Waals surface area (Å²) >= 11 is 0. The van der Waals surface area contributed by atoms with Gasteiger partial charge in [0.15, 0.2) is 5.82 Å². The molecule has 2 atom stereocenters. The van der Waals surface area contributed by atoms with Crippen LogP contribution >= 0.6 is 0 Å². The van der Waals surface area contributed by atoms with Gasteiger partial charge in [0, 0.05) is 25.9 Å². The van der Waals surface area contributed by atoms with Crippen LogP contribution in [-0.4, -0.2) is 38.0 Å². The number of furan rings is 1. The van der Waals surface area contributed by atoms with Crippen LogP contribution in [0, 0.1) is 5.92 Å². The molecule has 0 spiro atoms. The van der Waals surface area contributed by atoms with Gasteiger partial charge in [-0.25, -0.2) is 0 Å². The molecular weight excluding hydrogens is 322 g/mol. The van der Waals surface area contributed by atoms with Gasteiger partial charge in [-0.15, -0.1) is 10.2 Å². The molecule has 8 nitrogen and oxygen atoms in total. The van der Waals surface area contributed by atoms with Gasteiger partial charge >= 0.3 is 0 Å². The summed E-state index contributed by atoms with van der Waals surface area (Å²) in [6.07, 6.45) is 3.82. The molecule has 2 amide bonds. The van der Waals surface area contributed by atoms with E-state index < -0.39 is 0 Å². The number of aryl methyl sites for hydroxylation is 1. The lowest BCUT2D eigenvalue weighted by molar-refractivity contribution is -0.129. The summed E-state index contributed by atoms with van der Waals surface area (Å²) in [7, 11) is 0. The maximum atomic E-state index is 12.6. The van der Waals surface area contributed by atoms with E-state index in [4.69, 9.17) is 4.42 Å². The number of nitrogens with zero attached hydrogens (tertiary/aromatic N) is 4. The second-order valence-corrected chi connectivity index (χ2v) is 6.71. The van der Waals surface area contributed by atoms with Crippen molar-refractivity contribution in [2.24, 2.45) is 5.92 Å². The minimum atomic E-state index is -0.342. The number of fused-ring (bicyclic) bond motifs is 1. The molecule has 2 aromatic heterocycles. The third kappa shape index (κ3) is 3.04. The Morgan fingerprint density at radius 2 is 2.36 bits per heavy atom. The van der Waals surface area contributed by atoms with E-state index in [9.17, 15) is 9.59 Å². The molecule has 1 saturated heterocycles. The molecule has 0 aliphatic carbocycles. The average molecular weight is 343 g/mol. The lowest BCUT2D eigenvalue weighted by atomic mass is 10.1. The average Bonchev–Trinajstić information content (AvgIpc) is 3.32. The third-order valence-corrected chi connectivity index (χ3v) is 4.90. The Kier molecular flexibility index (Phi) is 4.03. The van der Waals surface area contributed by atoms with Crippen LogP contribution in [0.25, 0.3) is 0 Å². The fraction of sp³-hybridized carbons (Fsp3) is 0.529. The summed E-state index contributed by atoms with van der Waals surface area (Å²) in [6.45, 7) is 3.63. The smallest absolute Gasteiger partial charge is 0.226 e. The van der Waals surface area contributed by atoms with Crippen molar-refractivity contribution in [3.8, 4) is 0 Å². The molecule has 2 aliphatic rings. The largest absolute Gasteiger partial charge is 0.467 e. The first-order chi connectivity index (χ1) is 12.1. The summed E-state index contributed by atoms with van der Waals surface area (Å²) in [5, 5.41) is 11.4. The van der Waals surface area contributed by atoms with Gasteiger partial charge in [-0.2, -0.15) is 0 Å². The van der Waals surface area contributed by atoms with Crippen molar-refractivity contribution < 1.29 is 14.0 Å². The van der Waals surface area contributed by atoms with Crippen molar-refractivity contribution in [3.05, 3.63) is 35.8 Å². The van der Waals surface area contributed by atoms with Crippen molar-refractivity contribution in [2.75, 3.05) is 6.54 Å². The molecule has 4 rings (SSSR count). The SMILES string of the molecule is CC(NC(=O)C1CC(=O)N(Cc2ccco2)C1)c1nnc2n1CCC2. The van der Waals surface area contributed by atoms with Crippen LogP contribution in [0.5, 0.6) is 0 Å². The second-order valence-electron chi connectivity index (χ2n) is 6.71. The topological polar surface area (TPSA) is 93.3 Å². The molecular formula is C17H21N5O3. The zero-order valence-electron chi connectivity index (χ0n) is 14.1. The van der Waals surface area contributed by atoms with Gasteiger partial charge in [-0.1, -0.05) is 0 Å². The molecule has 25 heavy (non-hydrogen) atoms. The summed E-state index contributed by atoms with van der Waals surface area (Å²) in [5.41, 5.74) is 0. The Hall–Kier alpha value is -2.64. The highest BCUT2D eigenvalue weighted by molar-refractivity contribution is 5.89. The Morgan fingerprint density at radius 1 is 1.48 bits per heavy atom. The van der Waals surface area contributed by atoms with Crippen LogP contribution in [0.2, 0.25) is 0 Å². The highest BCUT2D eigenvalue weighted by Gasteiger charge is 2.35. The number of hydrogen-bond donors (Lipinski definition) is 1. The molecule has 8 heteroatoms. The highest BCUT2D eigenvalue weighted by Crippen LogP contribution is 2.23. The van der Waals surface area contributed by atoms with E-state index in [1.165, 1.54) is 0 Å². The molecule has 0 saturated carbocycles. The van der Waals surface area contributed by atoms with E-state index in [-0.39, 0.29) is 30.2 Å². The molecule has 2 aliphatic heterocycles. The Morgan fingerprint density at radius 3 is 3.16 bits per heavy atom. The molecule has 2 aromatic rings. The summed E-state index contributed by atoms with van der Waals surface area (Å²) in [6, 6.07) is 3.40. The molecule has 1 fully saturated rings. The van der Waals surface area contributed by atoms with Crippen LogP contribution in [0.15, 0.2) is 22.8 Å². The predicted molar refractivity (Wildman–Crippen MR) is 87.1 cm³/mol. The fourth-order valence-electron chi connectivity index (χ4n) is 3.58. The van der Waals surface area contributed by atoms with Gasteiger partial charge in [0.05, 0.1) is 24.8 Å². The number of aromatic nitrogens is 3. The van der Waals surface area contributed by atoms with E-state index >= 15 is 0 Å². The lowest BCUT2D eigenvalue weighted by Crippen LogP contribution is -2.35. The Bertz CT molecular complexity index is 782. The lowest BCUT2D eigenvalue weighted by Gasteiger charge is -2.17. The molecule has 2 unspecified atom stereocenters. The van der Waals surface area contributed by atoms with Gasteiger partial charge in [0.25, 0.3) is 0 Å². The van der Waals surface area contributed by atoms with Crippen LogP contribution in [0.1, 0.15) is 43.2 Å². The van der Waals surface area contributed by atoms with E-state index in [1.54, 1.807) is 17.2 Å². The Labute approximate surface area is 145 Å². The van der Waals surface area contributed by atoms with Crippen molar-refractivity contribution >= 4 is 11.8 Å². The third-order valence-electron chi connectivity index (χ3n) is 4.90. The van der Waals surface area contributed by atoms with Crippen molar-refractivity contribution in [1.82, 2.24) is 25.0 Å². The number of amides is 2. The molecule has 0 bridgehead atoms. The molecule has 1 N–H and O–H groups in total. The van der Waals surface area contributed by atoms with Crippen LogP contribution in [0.3, 0.4) is 0 Å². The number of nitrogens with one attached hydrogen (secondary N) is 1. The van der Waals surface area contributed by atoms with E-state index in [1.807, 2.05) is 13.0 Å². The van der Waals surface area contributed by atoms with Crippen molar-refractivity contribution in [3.63, 3.8) is 0 Å². The molecule has 0 radical (unpaired) electrons. The van der Waals surface area contributed by atoms with Gasteiger partial charge < -0.3 is 19.2 Å². The zero-order valence-corrected chi connectivity index (χ0v) is 14.1. The highest BCUT2D eigenvalue weighted by atomic mass is 16.3. The molecule has 0 aromatic carbocycles. The minimum absolute atomic E-state index is 0.0208. The maximum absolute atomic E-state index is 12.6. The monoisotopic (exact) mass is 343 g/mol. The normalized spacial score (nSPS) is 20.8. The van der Waals surface area contributed by atoms with Gasteiger partial charge in [0.2, 0.25) is 11.8 Å². The fourth-order valence-corrected chi connectivity index (χ4v) is 3.58. The van der Waals surface area contributed by atoms with Crippen LogP contribution < -0.4 is 5.32 Å². The number of hydrogen-bond acceptors (Lipinski definition) is 5. The number of carbonyl (C=O) groups is 2. The Balaban J connectivity index is 1.37. The standard InChI is InChI=1S/C17H21N5O3/c1-11(16-20-19-14-5-2-6-22(14)16)18-17(24)12-8-15(23)21(9-12)10-13-4-3-7-25-13/h3-4,7,11-12H,2,5-6,8-10H2,1H3,(H,18,24). The first kappa shape index (κ1) is 15.9. The van der Waals surface area contributed by atoms with Crippen LogP contribution in [0.4, 0.5) is 0 Å². The van der Waals surface area contributed by atoms with Crippen molar-refractivity contribution in [1.29, 1.82) is 0 Å². The summed E-state index contributed by atoms with van der Waals surface area (Å²) in [4.78, 5) is 26.4. The second kappa shape index (κ2) is 6.34. The first-order valence-electron chi connectivity index (χ1n) is 8.64. The van der Waals surface area contributed by atoms with Gasteiger partial charge in [0.1, 0.15) is 11.6 Å². The van der Waals surface area contributed by atoms with E-state index in [0.717, 1.165) is 36.8 Å².